The third kappa shape index (κ3) is 1.69. The van der Waals surface area contributed by atoms with Crippen LogP contribution in [-0.2, 0) is 11.2 Å². The minimum absolute atomic E-state index is 0.373. The zero-order chi connectivity index (χ0) is 10.8. The van der Waals surface area contributed by atoms with Crippen molar-refractivity contribution in [1.29, 1.82) is 0 Å². The predicted molar refractivity (Wildman–Crippen MR) is 59.2 cm³/mol. The smallest absolute Gasteiger partial charge is 0.326 e. The van der Waals surface area contributed by atoms with E-state index in [1.807, 2.05) is 29.2 Å². The number of carboxylic acids is 1. The second-order valence-corrected chi connectivity index (χ2v) is 3.88. The molecule has 1 aromatic carbocycles. The molecule has 80 valence electrons. The Labute approximate surface area is 89.3 Å². The molecule has 3 heteroatoms. The Bertz CT molecular complexity index is 376. The highest BCUT2D eigenvalue weighted by atomic mass is 16.4. The molecule has 0 radical (unpaired) electrons. The van der Waals surface area contributed by atoms with Crippen LogP contribution in [-0.4, -0.2) is 23.7 Å². The summed E-state index contributed by atoms with van der Waals surface area (Å²) in [6.45, 7) is 2.88. The van der Waals surface area contributed by atoms with Gasteiger partial charge in [0.1, 0.15) is 6.04 Å². The Morgan fingerprint density at radius 2 is 2.27 bits per heavy atom. The van der Waals surface area contributed by atoms with Gasteiger partial charge in [-0.25, -0.2) is 4.79 Å². The summed E-state index contributed by atoms with van der Waals surface area (Å²) in [6.07, 6.45) is 1.60. The maximum Gasteiger partial charge on any atom is 0.326 e. The number of rotatable bonds is 3. The molecule has 1 aromatic rings. The molecule has 0 amide bonds. The van der Waals surface area contributed by atoms with Crippen LogP contribution < -0.4 is 4.90 Å². The van der Waals surface area contributed by atoms with Gasteiger partial charge in [0, 0.05) is 18.7 Å². The lowest BCUT2D eigenvalue weighted by atomic mass is 10.1. The van der Waals surface area contributed by atoms with E-state index < -0.39 is 5.97 Å². The van der Waals surface area contributed by atoms with Gasteiger partial charge in [-0.1, -0.05) is 25.1 Å². The number of hydrogen-bond donors (Lipinski definition) is 1. The first-order chi connectivity index (χ1) is 7.24. The molecule has 1 unspecified atom stereocenters. The minimum atomic E-state index is -0.723. The third-order valence-corrected chi connectivity index (χ3v) is 2.84. The standard InChI is InChI=1S/C12H15NO2/c1-2-7-13-10-6-4-3-5-9(10)8-11(13)12(14)15/h3-6,11H,2,7-8H2,1H3,(H,14,15). The Hall–Kier alpha value is -1.51. The Balaban J connectivity index is 2.33. The summed E-state index contributed by atoms with van der Waals surface area (Å²) in [4.78, 5) is 13.1. The van der Waals surface area contributed by atoms with Crippen LogP contribution >= 0.6 is 0 Å². The van der Waals surface area contributed by atoms with Crippen molar-refractivity contribution in [2.24, 2.45) is 0 Å². The van der Waals surface area contributed by atoms with Gasteiger partial charge >= 0.3 is 5.97 Å². The SMILES string of the molecule is CCCN1c2ccccc2CC1C(=O)O. The van der Waals surface area contributed by atoms with Gasteiger partial charge in [-0.2, -0.15) is 0 Å². The number of hydrogen-bond acceptors (Lipinski definition) is 2. The molecule has 1 aliphatic heterocycles. The quantitative estimate of drug-likeness (QED) is 0.819. The number of para-hydroxylation sites is 1. The van der Waals surface area contributed by atoms with Gasteiger partial charge in [0.25, 0.3) is 0 Å². The van der Waals surface area contributed by atoms with Crippen LogP contribution in [0.1, 0.15) is 18.9 Å². The fourth-order valence-electron chi connectivity index (χ4n) is 2.19. The topological polar surface area (TPSA) is 40.5 Å². The zero-order valence-corrected chi connectivity index (χ0v) is 8.81. The van der Waals surface area contributed by atoms with Gasteiger partial charge in [0.15, 0.2) is 0 Å². The van der Waals surface area contributed by atoms with Crippen LogP contribution in [0.15, 0.2) is 24.3 Å². The summed E-state index contributed by atoms with van der Waals surface area (Å²) in [5, 5.41) is 9.14. The molecule has 0 saturated carbocycles. The average molecular weight is 205 g/mol. The van der Waals surface area contributed by atoms with Crippen molar-refractivity contribution in [2.75, 3.05) is 11.4 Å². The summed E-state index contributed by atoms with van der Waals surface area (Å²) in [5.74, 6) is -0.723. The van der Waals surface area contributed by atoms with Gasteiger partial charge in [0.2, 0.25) is 0 Å². The maximum absolute atomic E-state index is 11.1. The fraction of sp³-hybridized carbons (Fsp3) is 0.417. The largest absolute Gasteiger partial charge is 0.480 e. The number of aliphatic carboxylic acids is 1. The van der Waals surface area contributed by atoms with Crippen molar-refractivity contribution in [3.8, 4) is 0 Å². The zero-order valence-electron chi connectivity index (χ0n) is 8.81. The molecule has 1 aliphatic rings. The first-order valence-electron chi connectivity index (χ1n) is 5.31. The van der Waals surface area contributed by atoms with Crippen LogP contribution in [0, 0.1) is 0 Å². The molecular weight excluding hydrogens is 190 g/mol. The molecule has 1 heterocycles. The van der Waals surface area contributed by atoms with Crippen molar-refractivity contribution in [2.45, 2.75) is 25.8 Å². The Morgan fingerprint density at radius 3 is 2.93 bits per heavy atom. The van der Waals surface area contributed by atoms with E-state index in [2.05, 4.69) is 6.92 Å². The molecule has 0 spiro atoms. The van der Waals surface area contributed by atoms with E-state index in [1.54, 1.807) is 0 Å². The maximum atomic E-state index is 11.1. The van der Waals surface area contributed by atoms with Crippen molar-refractivity contribution >= 4 is 11.7 Å². The summed E-state index contributed by atoms with van der Waals surface area (Å²) in [7, 11) is 0. The highest BCUT2D eigenvalue weighted by molar-refractivity contribution is 5.82. The molecule has 0 saturated heterocycles. The lowest BCUT2D eigenvalue weighted by molar-refractivity contribution is -0.138. The highest BCUT2D eigenvalue weighted by Gasteiger charge is 2.33. The summed E-state index contributed by atoms with van der Waals surface area (Å²) >= 11 is 0. The molecule has 0 aliphatic carbocycles. The van der Waals surface area contributed by atoms with E-state index in [1.165, 1.54) is 0 Å². The van der Waals surface area contributed by atoms with E-state index in [0.29, 0.717) is 6.42 Å². The predicted octanol–water partition coefficient (Wildman–Crippen LogP) is 1.91. The molecule has 0 bridgehead atoms. The number of carboxylic acid groups (broad SMARTS) is 1. The Morgan fingerprint density at radius 1 is 1.53 bits per heavy atom. The van der Waals surface area contributed by atoms with Crippen molar-refractivity contribution in [3.05, 3.63) is 29.8 Å². The molecule has 0 aromatic heterocycles. The van der Waals surface area contributed by atoms with E-state index >= 15 is 0 Å². The van der Waals surface area contributed by atoms with Crippen LogP contribution in [0.3, 0.4) is 0 Å². The minimum Gasteiger partial charge on any atom is -0.480 e. The van der Waals surface area contributed by atoms with Crippen LogP contribution in [0.4, 0.5) is 5.69 Å². The van der Waals surface area contributed by atoms with E-state index in [9.17, 15) is 4.79 Å². The van der Waals surface area contributed by atoms with Gasteiger partial charge in [0.05, 0.1) is 0 Å². The second-order valence-electron chi connectivity index (χ2n) is 3.88. The van der Waals surface area contributed by atoms with Crippen molar-refractivity contribution in [1.82, 2.24) is 0 Å². The van der Waals surface area contributed by atoms with E-state index in [0.717, 1.165) is 24.2 Å². The molecule has 1 atom stereocenters. The second kappa shape index (κ2) is 3.93. The van der Waals surface area contributed by atoms with Gasteiger partial charge < -0.3 is 10.0 Å². The number of carbonyl (C=O) groups is 1. The third-order valence-electron chi connectivity index (χ3n) is 2.84. The van der Waals surface area contributed by atoms with E-state index in [4.69, 9.17) is 5.11 Å². The summed E-state index contributed by atoms with van der Waals surface area (Å²) in [6, 6.07) is 7.58. The van der Waals surface area contributed by atoms with Crippen molar-refractivity contribution < 1.29 is 9.90 Å². The van der Waals surface area contributed by atoms with Gasteiger partial charge in [-0.15, -0.1) is 0 Å². The van der Waals surface area contributed by atoms with Crippen molar-refractivity contribution in [3.63, 3.8) is 0 Å². The molecular formula is C12H15NO2. The number of fused-ring (bicyclic) bond motifs is 1. The molecule has 0 fully saturated rings. The monoisotopic (exact) mass is 205 g/mol. The van der Waals surface area contributed by atoms with Gasteiger partial charge in [-0.05, 0) is 18.1 Å². The van der Waals surface area contributed by atoms with Crippen LogP contribution in [0.2, 0.25) is 0 Å². The molecule has 2 rings (SSSR count). The van der Waals surface area contributed by atoms with Gasteiger partial charge in [-0.3, -0.25) is 0 Å². The van der Waals surface area contributed by atoms with Crippen LogP contribution in [0.25, 0.3) is 0 Å². The number of nitrogens with zero attached hydrogens (tertiary/aromatic N) is 1. The lowest BCUT2D eigenvalue weighted by Crippen LogP contribution is -2.38. The normalized spacial score (nSPS) is 19.0. The first-order valence-corrected chi connectivity index (χ1v) is 5.31. The average Bonchev–Trinajstić information content (AvgIpc) is 2.58. The highest BCUT2D eigenvalue weighted by Crippen LogP contribution is 2.31. The lowest BCUT2D eigenvalue weighted by Gasteiger charge is -2.23. The fourth-order valence-corrected chi connectivity index (χ4v) is 2.19. The molecule has 1 N–H and O–H groups in total. The first kappa shape index (κ1) is 10.0. The van der Waals surface area contributed by atoms with E-state index in [-0.39, 0.29) is 6.04 Å². The van der Waals surface area contributed by atoms with Crippen LogP contribution in [0.5, 0.6) is 0 Å². The molecule has 3 nitrogen and oxygen atoms in total. The summed E-state index contributed by atoms with van der Waals surface area (Å²) < 4.78 is 0. The molecule has 15 heavy (non-hydrogen) atoms. The number of benzene rings is 1. The Kier molecular flexibility index (Phi) is 2.62. The number of anilines is 1. The summed E-state index contributed by atoms with van der Waals surface area (Å²) in [5.41, 5.74) is 2.24.